The maximum Gasteiger partial charge on any atom is 0.326 e. The van der Waals surface area contributed by atoms with Gasteiger partial charge in [-0.25, -0.2) is 4.79 Å². The molecule has 1 fully saturated rings. The summed E-state index contributed by atoms with van der Waals surface area (Å²) in [6, 6.07) is 2.26. The van der Waals surface area contributed by atoms with E-state index >= 15 is 0 Å². The number of methoxy groups -OCH3 is 3. The summed E-state index contributed by atoms with van der Waals surface area (Å²) in [4.78, 5) is 37.8. The molecule has 0 aromatic heterocycles. The molecular weight excluding hydrogens is 368 g/mol. The number of carboxylic acid groups (broad SMARTS) is 1. The van der Waals surface area contributed by atoms with Crippen LogP contribution in [0.1, 0.15) is 20.3 Å². The molecule has 154 valence electrons. The van der Waals surface area contributed by atoms with E-state index in [0.29, 0.717) is 22.9 Å². The van der Waals surface area contributed by atoms with Crippen LogP contribution in [0.2, 0.25) is 0 Å². The van der Waals surface area contributed by atoms with Crippen molar-refractivity contribution in [2.45, 2.75) is 26.3 Å². The fraction of sp³-hybridized carbons (Fsp3) is 0.526. The quantitative estimate of drug-likeness (QED) is 0.683. The number of aliphatic carboxylic acids is 1. The Bertz CT molecular complexity index is 738. The lowest BCUT2D eigenvalue weighted by molar-refractivity contribution is -0.143. The Hall–Kier alpha value is -2.97. The number of nitrogens with zero attached hydrogens (tertiary/aromatic N) is 1. The second kappa shape index (κ2) is 8.81. The van der Waals surface area contributed by atoms with Crippen molar-refractivity contribution in [1.29, 1.82) is 0 Å². The van der Waals surface area contributed by atoms with E-state index in [1.54, 1.807) is 26.0 Å². The van der Waals surface area contributed by atoms with Crippen molar-refractivity contribution in [1.82, 2.24) is 5.32 Å². The summed E-state index contributed by atoms with van der Waals surface area (Å²) in [6.45, 7) is 3.55. The molecule has 28 heavy (non-hydrogen) atoms. The monoisotopic (exact) mass is 394 g/mol. The molecule has 0 aliphatic carbocycles. The average Bonchev–Trinajstić information content (AvgIpc) is 3.05. The molecule has 1 saturated heterocycles. The maximum atomic E-state index is 12.5. The predicted octanol–water partition coefficient (Wildman–Crippen LogP) is 1.29. The van der Waals surface area contributed by atoms with Gasteiger partial charge in [-0.2, -0.15) is 0 Å². The predicted molar refractivity (Wildman–Crippen MR) is 101 cm³/mol. The van der Waals surface area contributed by atoms with Crippen LogP contribution in [-0.4, -0.2) is 56.8 Å². The molecule has 1 aliphatic rings. The molecular formula is C19H26N2O7. The highest BCUT2D eigenvalue weighted by Gasteiger charge is 2.37. The number of rotatable bonds is 8. The van der Waals surface area contributed by atoms with Crippen molar-refractivity contribution in [3.8, 4) is 17.2 Å². The van der Waals surface area contributed by atoms with Gasteiger partial charge in [0, 0.05) is 25.1 Å². The Morgan fingerprint density at radius 3 is 2.14 bits per heavy atom. The first-order chi connectivity index (χ1) is 13.2. The van der Waals surface area contributed by atoms with Gasteiger partial charge in [0.2, 0.25) is 17.6 Å². The van der Waals surface area contributed by atoms with Gasteiger partial charge in [0.05, 0.1) is 32.9 Å². The Kier molecular flexibility index (Phi) is 6.71. The standard InChI is InChI=1S/C19H26N2O7/c1-10(2)16(19(24)25)20-18(23)11-6-15(22)21(9-11)12-7-13(26-3)17(28-5)14(8-12)27-4/h7-8,10-11,16H,6,9H2,1-5H3,(H,20,23)(H,24,25). The first-order valence-corrected chi connectivity index (χ1v) is 8.87. The first kappa shape index (κ1) is 21.3. The zero-order valence-corrected chi connectivity index (χ0v) is 16.6. The van der Waals surface area contributed by atoms with Crippen molar-refractivity contribution in [3.63, 3.8) is 0 Å². The number of carbonyl (C=O) groups is 3. The minimum atomic E-state index is -1.10. The van der Waals surface area contributed by atoms with E-state index in [9.17, 15) is 19.5 Å². The summed E-state index contributed by atoms with van der Waals surface area (Å²) in [5.74, 6) is -1.54. The first-order valence-electron chi connectivity index (χ1n) is 8.87. The molecule has 0 spiro atoms. The minimum absolute atomic E-state index is 0.00702. The minimum Gasteiger partial charge on any atom is -0.493 e. The van der Waals surface area contributed by atoms with Gasteiger partial charge in [0.1, 0.15) is 6.04 Å². The van der Waals surface area contributed by atoms with E-state index in [-0.39, 0.29) is 24.8 Å². The van der Waals surface area contributed by atoms with Gasteiger partial charge in [-0.3, -0.25) is 9.59 Å². The van der Waals surface area contributed by atoms with Crippen molar-refractivity contribution >= 4 is 23.5 Å². The summed E-state index contributed by atoms with van der Waals surface area (Å²) in [6.07, 6.45) is -0.00702. The number of benzene rings is 1. The van der Waals surface area contributed by atoms with Gasteiger partial charge < -0.3 is 29.5 Å². The van der Waals surface area contributed by atoms with Crippen LogP contribution in [0.3, 0.4) is 0 Å². The van der Waals surface area contributed by atoms with Crippen LogP contribution in [0.5, 0.6) is 17.2 Å². The van der Waals surface area contributed by atoms with Crippen molar-refractivity contribution < 1.29 is 33.7 Å². The third-order valence-corrected chi connectivity index (χ3v) is 4.69. The van der Waals surface area contributed by atoms with Crippen molar-refractivity contribution in [3.05, 3.63) is 12.1 Å². The lowest BCUT2D eigenvalue weighted by atomic mass is 10.0. The molecule has 2 unspecified atom stereocenters. The smallest absolute Gasteiger partial charge is 0.326 e. The van der Waals surface area contributed by atoms with E-state index in [1.807, 2.05) is 0 Å². The van der Waals surface area contributed by atoms with E-state index in [2.05, 4.69) is 5.32 Å². The third-order valence-electron chi connectivity index (χ3n) is 4.69. The average molecular weight is 394 g/mol. The SMILES string of the molecule is COc1cc(N2CC(C(=O)NC(C(=O)O)C(C)C)CC2=O)cc(OC)c1OC. The Labute approximate surface area is 163 Å². The highest BCUT2D eigenvalue weighted by molar-refractivity contribution is 6.01. The number of carboxylic acids is 1. The fourth-order valence-corrected chi connectivity index (χ4v) is 3.14. The molecule has 0 radical (unpaired) electrons. The zero-order chi connectivity index (χ0) is 21.0. The highest BCUT2D eigenvalue weighted by Crippen LogP contribution is 2.42. The van der Waals surface area contributed by atoms with Crippen LogP contribution in [0, 0.1) is 11.8 Å². The van der Waals surface area contributed by atoms with E-state index in [1.165, 1.54) is 26.2 Å². The lowest BCUT2D eigenvalue weighted by Crippen LogP contribution is -2.47. The maximum absolute atomic E-state index is 12.5. The molecule has 2 amide bonds. The largest absolute Gasteiger partial charge is 0.493 e. The number of carbonyl (C=O) groups excluding carboxylic acids is 2. The van der Waals surface area contributed by atoms with E-state index in [4.69, 9.17) is 14.2 Å². The van der Waals surface area contributed by atoms with Crippen LogP contribution >= 0.6 is 0 Å². The fourth-order valence-electron chi connectivity index (χ4n) is 3.14. The molecule has 1 heterocycles. The van der Waals surface area contributed by atoms with Gasteiger partial charge >= 0.3 is 5.97 Å². The summed E-state index contributed by atoms with van der Waals surface area (Å²) in [5.41, 5.74) is 0.508. The van der Waals surface area contributed by atoms with Crippen LogP contribution in [0.15, 0.2) is 12.1 Å². The molecule has 1 aromatic rings. The van der Waals surface area contributed by atoms with Crippen LogP contribution < -0.4 is 24.4 Å². The van der Waals surface area contributed by atoms with Crippen LogP contribution in [0.4, 0.5) is 5.69 Å². The van der Waals surface area contributed by atoms with Crippen LogP contribution in [0.25, 0.3) is 0 Å². The Morgan fingerprint density at radius 2 is 1.71 bits per heavy atom. The third kappa shape index (κ3) is 4.29. The molecule has 1 aliphatic heterocycles. The molecule has 9 heteroatoms. The van der Waals surface area contributed by atoms with Gasteiger partial charge in [-0.1, -0.05) is 13.8 Å². The van der Waals surface area contributed by atoms with Crippen LogP contribution in [-0.2, 0) is 14.4 Å². The Balaban J connectivity index is 2.23. The van der Waals surface area contributed by atoms with Gasteiger partial charge in [0.15, 0.2) is 11.5 Å². The summed E-state index contributed by atoms with van der Waals surface area (Å²) >= 11 is 0. The molecule has 1 aromatic carbocycles. The molecule has 0 saturated carbocycles. The highest BCUT2D eigenvalue weighted by atomic mass is 16.5. The normalized spacial score (nSPS) is 17.4. The van der Waals surface area contributed by atoms with Gasteiger partial charge in [0.25, 0.3) is 0 Å². The van der Waals surface area contributed by atoms with Crippen molar-refractivity contribution in [2.24, 2.45) is 11.8 Å². The molecule has 2 atom stereocenters. The van der Waals surface area contributed by atoms with Gasteiger partial charge in [-0.05, 0) is 5.92 Å². The number of ether oxygens (including phenoxy) is 3. The number of nitrogens with one attached hydrogen (secondary N) is 1. The van der Waals surface area contributed by atoms with E-state index in [0.717, 1.165) is 0 Å². The number of amides is 2. The van der Waals surface area contributed by atoms with Crippen molar-refractivity contribution in [2.75, 3.05) is 32.8 Å². The lowest BCUT2D eigenvalue weighted by Gasteiger charge is -2.22. The number of hydrogen-bond acceptors (Lipinski definition) is 6. The zero-order valence-electron chi connectivity index (χ0n) is 16.6. The molecule has 2 N–H and O–H groups in total. The number of anilines is 1. The summed E-state index contributed by atoms with van der Waals surface area (Å²) in [5, 5.41) is 11.8. The van der Waals surface area contributed by atoms with E-state index < -0.39 is 23.8 Å². The summed E-state index contributed by atoms with van der Waals surface area (Å²) < 4.78 is 15.9. The molecule has 9 nitrogen and oxygen atoms in total. The van der Waals surface area contributed by atoms with Gasteiger partial charge in [-0.15, -0.1) is 0 Å². The summed E-state index contributed by atoms with van der Waals surface area (Å²) in [7, 11) is 4.43. The topological polar surface area (TPSA) is 114 Å². The second-order valence-corrected chi connectivity index (χ2v) is 6.86. The molecule has 2 rings (SSSR count). The molecule has 0 bridgehead atoms. The Morgan fingerprint density at radius 1 is 1.14 bits per heavy atom. The second-order valence-electron chi connectivity index (χ2n) is 6.86. The number of hydrogen-bond donors (Lipinski definition) is 2.